The van der Waals surface area contributed by atoms with Crippen LogP contribution in [0, 0.1) is 11.7 Å². The summed E-state index contributed by atoms with van der Waals surface area (Å²) in [5, 5.41) is 3.86. The van der Waals surface area contributed by atoms with E-state index in [1.54, 1.807) is 6.92 Å². The summed E-state index contributed by atoms with van der Waals surface area (Å²) < 4.78 is 6.67. The van der Waals surface area contributed by atoms with Gasteiger partial charge in [0.25, 0.3) is 11.1 Å². The lowest BCUT2D eigenvalue weighted by molar-refractivity contribution is 0.428. The molecule has 0 atom stereocenters. The van der Waals surface area contributed by atoms with Crippen molar-refractivity contribution in [3.8, 4) is 11.6 Å². The van der Waals surface area contributed by atoms with E-state index in [9.17, 15) is 9.59 Å². The van der Waals surface area contributed by atoms with Gasteiger partial charge in [0.05, 0.1) is 5.69 Å². The Kier molecular flexibility index (Phi) is 3.11. The summed E-state index contributed by atoms with van der Waals surface area (Å²) in [5.41, 5.74) is -0.230. The minimum Gasteiger partial charge on any atom is -0.430 e. The summed E-state index contributed by atoms with van der Waals surface area (Å²) >= 11 is 4.82. The van der Waals surface area contributed by atoms with E-state index in [0.29, 0.717) is 5.69 Å². The van der Waals surface area contributed by atoms with Crippen molar-refractivity contribution >= 4 is 12.2 Å². The molecule has 0 aliphatic heterocycles. The van der Waals surface area contributed by atoms with Crippen molar-refractivity contribution in [2.45, 2.75) is 6.92 Å². The first kappa shape index (κ1) is 12.2. The van der Waals surface area contributed by atoms with E-state index in [2.05, 4.69) is 15.1 Å². The smallest absolute Gasteiger partial charge is 0.295 e. The number of aryl methyl sites for hydroxylation is 2. The highest BCUT2D eigenvalue weighted by Gasteiger charge is 2.08. The fraction of sp³-hybridized carbons (Fsp3) is 0.200. The molecule has 2 heterocycles. The van der Waals surface area contributed by atoms with Crippen LogP contribution in [0.2, 0.25) is 0 Å². The Labute approximate surface area is 106 Å². The Balaban J connectivity index is 2.46. The highest BCUT2D eigenvalue weighted by atomic mass is 32.1. The molecule has 0 fully saturated rings. The summed E-state index contributed by atoms with van der Waals surface area (Å²) in [7, 11) is 1.49. The molecule has 0 amide bonds. The predicted molar refractivity (Wildman–Crippen MR) is 66.5 cm³/mol. The van der Waals surface area contributed by atoms with Crippen molar-refractivity contribution in [3.63, 3.8) is 0 Å². The van der Waals surface area contributed by atoms with Crippen LogP contribution in [0.15, 0.2) is 21.7 Å². The zero-order valence-electron chi connectivity index (χ0n) is 9.68. The predicted octanol–water partition coefficient (Wildman–Crippen LogP) is 0.627. The molecule has 2 aromatic rings. The van der Waals surface area contributed by atoms with Gasteiger partial charge in [0.1, 0.15) is 0 Å². The second-order valence-corrected chi connectivity index (χ2v) is 4.01. The van der Waals surface area contributed by atoms with Crippen LogP contribution in [0.25, 0.3) is 0 Å². The molecule has 0 unspecified atom stereocenters. The number of aromatic amines is 2. The SMILES string of the molecule is Cc1[nH]c(=S)[nH]c(=O)c1Oc1ccc(=O)n(C)n1. The summed E-state index contributed by atoms with van der Waals surface area (Å²) in [6.45, 7) is 1.66. The Morgan fingerprint density at radius 1 is 1.33 bits per heavy atom. The number of hydrogen-bond acceptors (Lipinski definition) is 5. The monoisotopic (exact) mass is 266 g/mol. The number of hydrogen-bond donors (Lipinski definition) is 2. The Morgan fingerprint density at radius 2 is 2.06 bits per heavy atom. The third kappa shape index (κ3) is 2.38. The van der Waals surface area contributed by atoms with E-state index in [4.69, 9.17) is 17.0 Å². The lowest BCUT2D eigenvalue weighted by Crippen LogP contribution is -2.19. The highest BCUT2D eigenvalue weighted by Crippen LogP contribution is 2.15. The van der Waals surface area contributed by atoms with E-state index >= 15 is 0 Å². The third-order valence-electron chi connectivity index (χ3n) is 2.22. The van der Waals surface area contributed by atoms with Crippen molar-refractivity contribution in [2.75, 3.05) is 0 Å². The van der Waals surface area contributed by atoms with E-state index < -0.39 is 5.56 Å². The number of aromatic nitrogens is 4. The topological polar surface area (TPSA) is 92.8 Å². The molecule has 0 aromatic carbocycles. The molecule has 0 saturated carbocycles. The lowest BCUT2D eigenvalue weighted by Gasteiger charge is -2.06. The van der Waals surface area contributed by atoms with E-state index in [1.165, 1.54) is 19.2 Å². The van der Waals surface area contributed by atoms with Gasteiger partial charge in [-0.2, -0.15) is 0 Å². The molecule has 0 aliphatic rings. The molecule has 0 aliphatic carbocycles. The Morgan fingerprint density at radius 3 is 2.67 bits per heavy atom. The molecule has 94 valence electrons. The fourth-order valence-electron chi connectivity index (χ4n) is 1.35. The van der Waals surface area contributed by atoms with Crippen LogP contribution >= 0.6 is 12.2 Å². The molecule has 18 heavy (non-hydrogen) atoms. The molecular formula is C10H10N4O3S. The average Bonchev–Trinajstić information content (AvgIpc) is 2.28. The zero-order chi connectivity index (χ0) is 13.3. The van der Waals surface area contributed by atoms with Gasteiger partial charge in [-0.05, 0) is 19.1 Å². The largest absolute Gasteiger partial charge is 0.430 e. The molecule has 0 saturated heterocycles. The molecule has 8 heteroatoms. The van der Waals surface area contributed by atoms with Gasteiger partial charge in [0, 0.05) is 19.2 Å². The maximum Gasteiger partial charge on any atom is 0.295 e. The van der Waals surface area contributed by atoms with E-state index in [-0.39, 0.29) is 22.0 Å². The van der Waals surface area contributed by atoms with Crippen molar-refractivity contribution in [1.29, 1.82) is 0 Å². The van der Waals surface area contributed by atoms with Crippen molar-refractivity contribution in [1.82, 2.24) is 19.7 Å². The molecule has 0 bridgehead atoms. The van der Waals surface area contributed by atoms with E-state index in [1.807, 2.05) is 0 Å². The van der Waals surface area contributed by atoms with E-state index in [0.717, 1.165) is 4.68 Å². The highest BCUT2D eigenvalue weighted by molar-refractivity contribution is 7.71. The zero-order valence-corrected chi connectivity index (χ0v) is 10.5. The minimum absolute atomic E-state index is 0.0646. The molecule has 0 radical (unpaired) electrons. The minimum atomic E-state index is -0.452. The molecular weight excluding hydrogens is 256 g/mol. The third-order valence-corrected chi connectivity index (χ3v) is 2.42. The van der Waals surface area contributed by atoms with Crippen molar-refractivity contribution < 1.29 is 4.74 Å². The van der Waals surface area contributed by atoms with Gasteiger partial charge in [0.2, 0.25) is 11.6 Å². The van der Waals surface area contributed by atoms with Crippen LogP contribution in [-0.4, -0.2) is 19.7 Å². The fourth-order valence-corrected chi connectivity index (χ4v) is 1.60. The molecule has 2 aromatic heterocycles. The normalized spacial score (nSPS) is 10.3. The van der Waals surface area contributed by atoms with Crippen LogP contribution in [-0.2, 0) is 7.05 Å². The maximum absolute atomic E-state index is 11.7. The number of ether oxygens (including phenoxy) is 1. The molecule has 2 N–H and O–H groups in total. The first-order valence-electron chi connectivity index (χ1n) is 5.03. The molecule has 2 rings (SSSR count). The summed E-state index contributed by atoms with van der Waals surface area (Å²) in [6.07, 6.45) is 0. The Hall–Kier alpha value is -2.22. The summed E-state index contributed by atoms with van der Waals surface area (Å²) in [4.78, 5) is 28.0. The lowest BCUT2D eigenvalue weighted by atomic mass is 10.4. The number of rotatable bonds is 2. The maximum atomic E-state index is 11.7. The first-order chi connectivity index (χ1) is 8.47. The van der Waals surface area contributed by atoms with Crippen molar-refractivity contribution in [3.05, 3.63) is 43.3 Å². The van der Waals surface area contributed by atoms with Gasteiger partial charge in [-0.3, -0.25) is 14.6 Å². The average molecular weight is 266 g/mol. The second-order valence-electron chi connectivity index (χ2n) is 3.60. The van der Waals surface area contributed by atoms with Gasteiger partial charge < -0.3 is 9.72 Å². The van der Waals surface area contributed by atoms with Crippen molar-refractivity contribution in [2.24, 2.45) is 7.05 Å². The van der Waals surface area contributed by atoms with Gasteiger partial charge in [-0.1, -0.05) is 0 Å². The number of nitrogens with one attached hydrogen (secondary N) is 2. The van der Waals surface area contributed by atoms with Gasteiger partial charge in [-0.15, -0.1) is 5.10 Å². The standard InChI is InChI=1S/C10H10N4O3S/c1-5-8(9(16)12-10(18)11-5)17-6-3-4-7(15)14(2)13-6/h3-4H,1-2H3,(H2,11,12,16,18). The molecule has 7 nitrogen and oxygen atoms in total. The van der Waals surface area contributed by atoms with Gasteiger partial charge in [-0.25, -0.2) is 4.68 Å². The number of nitrogens with zero attached hydrogens (tertiary/aromatic N) is 2. The second kappa shape index (κ2) is 4.57. The molecule has 0 spiro atoms. The van der Waals surface area contributed by atoms with Gasteiger partial charge >= 0.3 is 0 Å². The number of H-pyrrole nitrogens is 2. The van der Waals surface area contributed by atoms with Crippen LogP contribution in [0.3, 0.4) is 0 Å². The Bertz CT molecular complexity index is 759. The van der Waals surface area contributed by atoms with Gasteiger partial charge in [0.15, 0.2) is 4.77 Å². The summed E-state index contributed by atoms with van der Waals surface area (Å²) in [5.74, 6) is 0.214. The van der Waals surface area contributed by atoms with Crippen LogP contribution < -0.4 is 15.9 Å². The van der Waals surface area contributed by atoms with Crippen LogP contribution in [0.5, 0.6) is 11.6 Å². The van der Waals surface area contributed by atoms with Crippen LogP contribution in [0.1, 0.15) is 5.69 Å². The first-order valence-corrected chi connectivity index (χ1v) is 5.43. The summed E-state index contributed by atoms with van der Waals surface area (Å²) in [6, 6.07) is 2.69. The quantitative estimate of drug-likeness (QED) is 0.778. The van der Waals surface area contributed by atoms with Crippen LogP contribution in [0.4, 0.5) is 0 Å².